The lowest BCUT2D eigenvalue weighted by atomic mass is 9.96. The van der Waals surface area contributed by atoms with E-state index in [0.29, 0.717) is 5.92 Å². The molecule has 0 nitrogen and oxygen atoms in total. The molecule has 0 N–H and O–H groups in total. The van der Waals surface area contributed by atoms with Crippen molar-refractivity contribution in [3.63, 3.8) is 0 Å². The van der Waals surface area contributed by atoms with Gasteiger partial charge in [-0.2, -0.15) is 0 Å². The van der Waals surface area contributed by atoms with Crippen LogP contribution in [0.4, 0.5) is 0 Å². The maximum absolute atomic E-state index is 3.33. The average Bonchev–Trinajstić information content (AvgIpc) is 2.27. The molecule has 0 saturated heterocycles. The monoisotopic (exact) mass is 183 g/mol. The number of hydrogen-bond donors (Lipinski definition) is 0. The maximum Gasteiger partial charge on any atom is -0.00962 e. The van der Waals surface area contributed by atoms with Crippen LogP contribution in [0.5, 0.6) is 0 Å². The van der Waals surface area contributed by atoms with Crippen molar-refractivity contribution in [2.75, 3.05) is 0 Å². The molecule has 1 radical (unpaired) electrons. The molecule has 0 spiro atoms. The average molecular weight is 183 g/mol. The third-order valence-corrected chi connectivity index (χ3v) is 2.86. The molecule has 2 aromatic rings. The minimum atomic E-state index is 0.635. The number of benzene rings is 2. The van der Waals surface area contributed by atoms with Crippen molar-refractivity contribution < 1.29 is 0 Å². The van der Waals surface area contributed by atoms with Crippen molar-refractivity contribution in [1.29, 1.82) is 0 Å². The summed E-state index contributed by atoms with van der Waals surface area (Å²) >= 11 is 0. The molecule has 0 fully saturated rings. The van der Waals surface area contributed by atoms with Crippen molar-refractivity contribution >= 4 is 10.8 Å². The molecule has 0 amide bonds. The van der Waals surface area contributed by atoms with E-state index in [1.54, 1.807) is 0 Å². The van der Waals surface area contributed by atoms with Gasteiger partial charge in [0.1, 0.15) is 0 Å². The molecule has 1 unspecified atom stereocenters. The zero-order valence-corrected chi connectivity index (χ0v) is 8.75. The van der Waals surface area contributed by atoms with Gasteiger partial charge in [-0.15, -0.1) is 0 Å². The Morgan fingerprint density at radius 1 is 1.29 bits per heavy atom. The highest BCUT2D eigenvalue weighted by molar-refractivity contribution is 5.82. The van der Waals surface area contributed by atoms with Crippen LogP contribution in [-0.2, 0) is 0 Å². The lowest BCUT2D eigenvalue weighted by molar-refractivity contribution is 0.734. The van der Waals surface area contributed by atoms with Gasteiger partial charge in [0, 0.05) is 0 Å². The Labute approximate surface area is 85.6 Å². The highest BCUT2D eigenvalue weighted by Crippen LogP contribution is 2.22. The summed E-state index contributed by atoms with van der Waals surface area (Å²) in [6.45, 7) is 4.48. The summed E-state index contributed by atoms with van der Waals surface area (Å²) in [5.41, 5.74) is 1.39. The predicted octanol–water partition coefficient (Wildman–Crippen LogP) is 4.15. The van der Waals surface area contributed by atoms with Crippen molar-refractivity contribution in [1.82, 2.24) is 0 Å². The fraction of sp³-hybridized carbons (Fsp3) is 0.286. The molecule has 14 heavy (non-hydrogen) atoms. The Morgan fingerprint density at radius 3 is 2.86 bits per heavy atom. The van der Waals surface area contributed by atoms with E-state index in [0.717, 1.165) is 0 Å². The molecule has 0 saturated carbocycles. The van der Waals surface area contributed by atoms with Crippen LogP contribution in [0.1, 0.15) is 31.7 Å². The molecule has 0 aliphatic carbocycles. The summed E-state index contributed by atoms with van der Waals surface area (Å²) in [4.78, 5) is 0. The van der Waals surface area contributed by atoms with Crippen LogP contribution in [0.25, 0.3) is 10.8 Å². The summed E-state index contributed by atoms with van der Waals surface area (Å²) in [5, 5.41) is 2.50. The third-order valence-electron chi connectivity index (χ3n) is 2.86. The van der Waals surface area contributed by atoms with Gasteiger partial charge in [-0.05, 0) is 34.7 Å². The van der Waals surface area contributed by atoms with Crippen LogP contribution in [0.3, 0.4) is 0 Å². The van der Waals surface area contributed by atoms with E-state index in [4.69, 9.17) is 0 Å². The van der Waals surface area contributed by atoms with Crippen LogP contribution in [0, 0.1) is 6.07 Å². The highest BCUT2D eigenvalue weighted by Gasteiger charge is 2.02. The van der Waals surface area contributed by atoms with Gasteiger partial charge in [-0.3, -0.25) is 0 Å². The first-order valence-corrected chi connectivity index (χ1v) is 5.21. The van der Waals surface area contributed by atoms with Gasteiger partial charge in [0.15, 0.2) is 0 Å². The predicted molar refractivity (Wildman–Crippen MR) is 61.5 cm³/mol. The smallest absolute Gasteiger partial charge is 0.00962 e. The highest BCUT2D eigenvalue weighted by atomic mass is 14.1. The van der Waals surface area contributed by atoms with Crippen LogP contribution in [-0.4, -0.2) is 0 Å². The van der Waals surface area contributed by atoms with Crippen molar-refractivity contribution in [3.05, 3.63) is 48.0 Å². The Bertz CT molecular complexity index is 429. The summed E-state index contributed by atoms with van der Waals surface area (Å²) in [6, 6.07) is 16.1. The third kappa shape index (κ3) is 1.65. The summed E-state index contributed by atoms with van der Waals surface area (Å²) in [7, 11) is 0. The van der Waals surface area contributed by atoms with Gasteiger partial charge in [0.2, 0.25) is 0 Å². The first-order chi connectivity index (χ1) is 6.81. The van der Waals surface area contributed by atoms with E-state index in [2.05, 4.69) is 56.3 Å². The lowest BCUT2D eigenvalue weighted by Crippen LogP contribution is -1.90. The molecule has 0 aliphatic heterocycles. The van der Waals surface area contributed by atoms with Crippen molar-refractivity contribution in [2.45, 2.75) is 26.2 Å². The minimum Gasteiger partial charge on any atom is -0.0648 e. The molecule has 0 bridgehead atoms. The number of rotatable bonds is 2. The van der Waals surface area contributed by atoms with Gasteiger partial charge in [-0.25, -0.2) is 0 Å². The zero-order chi connectivity index (χ0) is 9.97. The maximum atomic E-state index is 3.33. The van der Waals surface area contributed by atoms with Gasteiger partial charge >= 0.3 is 0 Å². The fourth-order valence-corrected chi connectivity index (χ4v) is 1.66. The van der Waals surface area contributed by atoms with E-state index < -0.39 is 0 Å². The molecule has 0 aliphatic rings. The molecular weight excluding hydrogens is 168 g/mol. The van der Waals surface area contributed by atoms with E-state index in [9.17, 15) is 0 Å². The first-order valence-electron chi connectivity index (χ1n) is 5.21. The van der Waals surface area contributed by atoms with Crippen molar-refractivity contribution in [3.8, 4) is 0 Å². The van der Waals surface area contributed by atoms with Crippen LogP contribution in [0.15, 0.2) is 36.4 Å². The first kappa shape index (κ1) is 9.26. The standard InChI is InChI=1S/C14H15/c1-3-11(2)13-9-8-12-6-4-5-7-14(12)10-13/h4-7,9-11H,3H2,1-2H3. The molecule has 0 aromatic heterocycles. The van der Waals surface area contributed by atoms with Gasteiger partial charge < -0.3 is 0 Å². The van der Waals surface area contributed by atoms with Gasteiger partial charge in [0.05, 0.1) is 0 Å². The van der Waals surface area contributed by atoms with Crippen LogP contribution in [0.2, 0.25) is 0 Å². The lowest BCUT2D eigenvalue weighted by Gasteiger charge is -2.09. The summed E-state index contributed by atoms with van der Waals surface area (Å²) in [5.74, 6) is 0.635. The quantitative estimate of drug-likeness (QED) is 0.656. The Kier molecular flexibility index (Phi) is 2.53. The summed E-state index contributed by atoms with van der Waals surface area (Å²) < 4.78 is 0. The molecule has 2 aromatic carbocycles. The van der Waals surface area contributed by atoms with Gasteiger partial charge in [-0.1, -0.05) is 50.2 Å². The topological polar surface area (TPSA) is 0 Å². The molecule has 2 rings (SSSR count). The van der Waals surface area contributed by atoms with E-state index in [-0.39, 0.29) is 0 Å². The molecular formula is C14H15. The number of fused-ring (bicyclic) bond motifs is 1. The largest absolute Gasteiger partial charge is 0.0648 e. The second kappa shape index (κ2) is 3.83. The molecule has 71 valence electrons. The normalized spacial score (nSPS) is 13.0. The fourth-order valence-electron chi connectivity index (χ4n) is 1.66. The minimum absolute atomic E-state index is 0.635. The zero-order valence-electron chi connectivity index (χ0n) is 8.75. The molecule has 1 atom stereocenters. The number of hydrogen-bond acceptors (Lipinski definition) is 0. The van der Waals surface area contributed by atoms with Gasteiger partial charge in [0.25, 0.3) is 0 Å². The van der Waals surface area contributed by atoms with E-state index in [1.807, 2.05) is 0 Å². The molecule has 0 heterocycles. The molecule has 0 heteroatoms. The Morgan fingerprint density at radius 2 is 2.07 bits per heavy atom. The SMILES string of the molecule is CCC(C)c1c[c]c2ccccc2c1. The van der Waals surface area contributed by atoms with E-state index in [1.165, 1.54) is 22.8 Å². The Balaban J connectivity index is 2.51. The Hall–Kier alpha value is -1.30. The van der Waals surface area contributed by atoms with Crippen LogP contribution < -0.4 is 0 Å². The summed E-state index contributed by atoms with van der Waals surface area (Å²) in [6.07, 6.45) is 1.19. The van der Waals surface area contributed by atoms with Crippen molar-refractivity contribution in [2.24, 2.45) is 0 Å². The second-order valence-electron chi connectivity index (χ2n) is 3.83. The second-order valence-corrected chi connectivity index (χ2v) is 3.83. The van der Waals surface area contributed by atoms with E-state index >= 15 is 0 Å². The van der Waals surface area contributed by atoms with Crippen LogP contribution >= 0.6 is 0 Å².